The van der Waals surface area contributed by atoms with E-state index in [4.69, 9.17) is 14.2 Å². The van der Waals surface area contributed by atoms with Crippen molar-refractivity contribution in [2.75, 3.05) is 32.1 Å². The number of nitrogens with zero attached hydrogens (tertiary/aromatic N) is 2. The minimum absolute atomic E-state index is 0.219. The summed E-state index contributed by atoms with van der Waals surface area (Å²) in [5.41, 5.74) is 0.219. The van der Waals surface area contributed by atoms with Gasteiger partial charge in [-0.2, -0.15) is 0 Å². The molecule has 2 fully saturated rings. The number of amides is 1. The Kier molecular flexibility index (Phi) is 4.80. The van der Waals surface area contributed by atoms with Crippen molar-refractivity contribution in [2.24, 2.45) is 11.8 Å². The molecule has 0 saturated carbocycles. The first-order valence-corrected chi connectivity index (χ1v) is 9.79. The Labute approximate surface area is 173 Å². The Bertz CT molecular complexity index is 932. The highest BCUT2D eigenvalue weighted by molar-refractivity contribution is 6.10. The van der Waals surface area contributed by atoms with Gasteiger partial charge in [0.1, 0.15) is 18.2 Å². The van der Waals surface area contributed by atoms with Crippen LogP contribution in [0.15, 0.2) is 24.3 Å². The van der Waals surface area contributed by atoms with Crippen molar-refractivity contribution in [3.8, 4) is 0 Å². The Morgan fingerprint density at radius 1 is 1.17 bits per heavy atom. The van der Waals surface area contributed by atoms with Crippen LogP contribution in [0.2, 0.25) is 0 Å². The maximum Gasteiger partial charge on any atom is 0.312 e. The molecule has 0 bridgehead atoms. The largest absolute Gasteiger partial charge is 0.462 e. The van der Waals surface area contributed by atoms with Crippen LogP contribution in [-0.2, 0) is 38.9 Å². The fourth-order valence-electron chi connectivity index (χ4n) is 5.24. The van der Waals surface area contributed by atoms with Gasteiger partial charge < -0.3 is 19.1 Å². The number of rotatable bonds is 3. The highest BCUT2D eigenvalue weighted by Crippen LogP contribution is 2.56. The van der Waals surface area contributed by atoms with Gasteiger partial charge in [0.15, 0.2) is 6.10 Å². The number of carbonyl (C=O) groups excluding carboxylic acids is 4. The van der Waals surface area contributed by atoms with E-state index in [0.29, 0.717) is 6.54 Å². The van der Waals surface area contributed by atoms with Crippen LogP contribution in [0.4, 0.5) is 5.69 Å². The number of likely N-dealkylation sites (N-methyl/N-ethyl adjacent to an activating group) is 2. The molecule has 3 aliphatic rings. The zero-order chi connectivity index (χ0) is 21.8. The van der Waals surface area contributed by atoms with Gasteiger partial charge in [0.2, 0.25) is 0 Å². The zero-order valence-electron chi connectivity index (χ0n) is 17.3. The molecule has 4 rings (SSSR count). The van der Waals surface area contributed by atoms with E-state index in [1.54, 1.807) is 19.0 Å². The average molecular weight is 416 g/mol. The lowest BCUT2D eigenvalue weighted by molar-refractivity contribution is -0.200. The van der Waals surface area contributed by atoms with Gasteiger partial charge in [-0.05, 0) is 13.1 Å². The molecule has 0 unspecified atom stereocenters. The van der Waals surface area contributed by atoms with Gasteiger partial charge in [-0.3, -0.25) is 24.1 Å². The van der Waals surface area contributed by atoms with Crippen molar-refractivity contribution in [3.05, 3.63) is 29.8 Å². The number of hydrogen-bond donors (Lipinski definition) is 0. The maximum absolute atomic E-state index is 13.5. The molecular weight excluding hydrogens is 392 g/mol. The second kappa shape index (κ2) is 7.09. The predicted molar refractivity (Wildman–Crippen MR) is 103 cm³/mol. The van der Waals surface area contributed by atoms with Gasteiger partial charge in [-0.1, -0.05) is 18.2 Å². The van der Waals surface area contributed by atoms with Crippen molar-refractivity contribution in [3.63, 3.8) is 0 Å². The minimum atomic E-state index is -1.24. The van der Waals surface area contributed by atoms with E-state index >= 15 is 0 Å². The van der Waals surface area contributed by atoms with E-state index in [9.17, 15) is 19.2 Å². The number of anilines is 1. The number of likely N-dealkylation sites (tertiary alicyclic amines) is 1. The molecule has 160 valence electrons. The first kappa shape index (κ1) is 20.3. The van der Waals surface area contributed by atoms with E-state index in [2.05, 4.69) is 0 Å². The number of fused-ring (bicyclic) bond motifs is 4. The summed E-state index contributed by atoms with van der Waals surface area (Å²) >= 11 is 0. The average Bonchev–Trinajstić information content (AvgIpc) is 3.12. The molecule has 1 aromatic carbocycles. The molecule has 9 heteroatoms. The van der Waals surface area contributed by atoms with Gasteiger partial charge in [0.25, 0.3) is 5.91 Å². The molecule has 5 atom stereocenters. The highest BCUT2D eigenvalue weighted by Gasteiger charge is 2.70. The molecule has 30 heavy (non-hydrogen) atoms. The maximum atomic E-state index is 13.5. The van der Waals surface area contributed by atoms with Crippen molar-refractivity contribution in [1.82, 2.24) is 4.90 Å². The molecule has 2 saturated heterocycles. The summed E-state index contributed by atoms with van der Waals surface area (Å²) in [7, 11) is 3.46. The number of esters is 3. The summed E-state index contributed by atoms with van der Waals surface area (Å²) in [6.07, 6.45) is -1.77. The summed E-state index contributed by atoms with van der Waals surface area (Å²) in [6, 6.07) is 7.35. The second-order valence-electron chi connectivity index (χ2n) is 8.02. The Morgan fingerprint density at radius 3 is 2.53 bits per heavy atom. The van der Waals surface area contributed by atoms with Crippen LogP contribution in [0.3, 0.4) is 0 Å². The van der Waals surface area contributed by atoms with Crippen molar-refractivity contribution >= 4 is 29.5 Å². The second-order valence-corrected chi connectivity index (χ2v) is 8.02. The van der Waals surface area contributed by atoms with E-state index in [1.165, 1.54) is 13.8 Å². The van der Waals surface area contributed by atoms with Crippen LogP contribution < -0.4 is 4.90 Å². The SMILES string of the molecule is CC(=O)OC[C@H]1OC(=O)[C@H]2[C@H](CN(C)[C@@]23C(=O)N(C)c2ccccc23)[C@H]1OC(C)=O. The molecule has 3 aliphatic heterocycles. The molecule has 9 nitrogen and oxygen atoms in total. The third kappa shape index (κ3) is 2.72. The topological polar surface area (TPSA) is 102 Å². The van der Waals surface area contributed by atoms with Crippen molar-refractivity contribution in [2.45, 2.75) is 31.6 Å². The zero-order valence-corrected chi connectivity index (χ0v) is 17.3. The summed E-state index contributed by atoms with van der Waals surface area (Å²) in [4.78, 5) is 53.2. The molecule has 3 heterocycles. The smallest absolute Gasteiger partial charge is 0.312 e. The first-order valence-electron chi connectivity index (χ1n) is 9.79. The van der Waals surface area contributed by atoms with Crippen molar-refractivity contribution < 1.29 is 33.4 Å². The fourth-order valence-corrected chi connectivity index (χ4v) is 5.24. The van der Waals surface area contributed by atoms with Gasteiger partial charge in [-0.15, -0.1) is 0 Å². The van der Waals surface area contributed by atoms with E-state index in [0.717, 1.165) is 11.3 Å². The summed E-state index contributed by atoms with van der Waals surface area (Å²) in [5.74, 6) is -3.22. The van der Waals surface area contributed by atoms with Gasteiger partial charge in [0.05, 0.1) is 5.92 Å². The van der Waals surface area contributed by atoms with Crippen LogP contribution in [-0.4, -0.2) is 68.2 Å². The van der Waals surface area contributed by atoms with E-state index in [-0.39, 0.29) is 12.5 Å². The van der Waals surface area contributed by atoms with Gasteiger partial charge in [0, 0.05) is 44.6 Å². The van der Waals surface area contributed by atoms with Crippen LogP contribution in [0.5, 0.6) is 0 Å². The van der Waals surface area contributed by atoms with Gasteiger partial charge in [-0.25, -0.2) is 0 Å². The normalized spacial score (nSPS) is 32.6. The Morgan fingerprint density at radius 2 is 1.87 bits per heavy atom. The first-order chi connectivity index (χ1) is 14.2. The molecule has 1 spiro atoms. The quantitative estimate of drug-likeness (QED) is 0.517. The lowest BCUT2D eigenvalue weighted by atomic mass is 9.72. The number of carbonyl (C=O) groups is 4. The molecule has 0 aliphatic carbocycles. The molecule has 0 radical (unpaired) electrons. The number of hydrogen-bond acceptors (Lipinski definition) is 8. The van der Waals surface area contributed by atoms with E-state index in [1.807, 2.05) is 29.2 Å². The molecule has 0 aromatic heterocycles. The third-order valence-electron chi connectivity index (χ3n) is 6.33. The summed E-state index contributed by atoms with van der Waals surface area (Å²) in [5, 5.41) is 0. The number of cyclic esters (lactones) is 1. The molecule has 1 aromatic rings. The van der Waals surface area contributed by atoms with Crippen LogP contribution in [0.1, 0.15) is 19.4 Å². The molecule has 0 N–H and O–H groups in total. The standard InChI is InChI=1S/C21H24N2O7/c1-11(24)28-10-16-18(29-12(2)25)13-9-22(3)21(17(13)19(26)30-16)14-7-5-6-8-15(14)23(4)20(21)27/h5-8,13,16-18H,9-10H2,1-4H3/t13-,16+,17+,18+,21+/m0/s1. The fraction of sp³-hybridized carbons (Fsp3) is 0.524. The van der Waals surface area contributed by atoms with Crippen LogP contribution >= 0.6 is 0 Å². The van der Waals surface area contributed by atoms with Gasteiger partial charge >= 0.3 is 17.9 Å². The number of para-hydroxylation sites is 1. The third-order valence-corrected chi connectivity index (χ3v) is 6.33. The van der Waals surface area contributed by atoms with Crippen molar-refractivity contribution in [1.29, 1.82) is 0 Å². The predicted octanol–water partition coefficient (Wildman–Crippen LogP) is 0.456. The molecule has 1 amide bonds. The molecular formula is C21H24N2O7. The van der Waals surface area contributed by atoms with Crippen LogP contribution in [0, 0.1) is 11.8 Å². The monoisotopic (exact) mass is 416 g/mol. The van der Waals surface area contributed by atoms with Crippen LogP contribution in [0.25, 0.3) is 0 Å². The number of ether oxygens (including phenoxy) is 3. The number of benzene rings is 1. The Balaban J connectivity index is 1.79. The summed E-state index contributed by atoms with van der Waals surface area (Å²) < 4.78 is 16.2. The Hall–Kier alpha value is -2.94. The summed E-state index contributed by atoms with van der Waals surface area (Å²) in [6.45, 7) is 2.63. The minimum Gasteiger partial charge on any atom is -0.462 e. The lowest BCUT2D eigenvalue weighted by Crippen LogP contribution is -2.58. The van der Waals surface area contributed by atoms with E-state index < -0.39 is 47.5 Å². The lowest BCUT2D eigenvalue weighted by Gasteiger charge is -2.41. The highest BCUT2D eigenvalue weighted by atomic mass is 16.6.